The number of ether oxygens (including phenoxy) is 1. The molecule has 2 nitrogen and oxygen atoms in total. The number of nitrogens with one attached hydrogen (secondary N) is 1. The van der Waals surface area contributed by atoms with E-state index in [1.165, 1.54) is 18.4 Å². The van der Waals surface area contributed by atoms with E-state index < -0.39 is 0 Å². The Bertz CT molecular complexity index is 371. The molecule has 0 aromatic heterocycles. The van der Waals surface area contributed by atoms with Crippen LogP contribution in [0, 0.1) is 11.8 Å². The zero-order valence-corrected chi connectivity index (χ0v) is 11.8. The third-order valence-electron chi connectivity index (χ3n) is 3.86. The lowest BCUT2D eigenvalue weighted by Crippen LogP contribution is -2.29. The third-order valence-corrected chi connectivity index (χ3v) is 3.86. The Labute approximate surface area is 111 Å². The molecule has 100 valence electrons. The lowest BCUT2D eigenvalue weighted by Gasteiger charge is -2.22. The van der Waals surface area contributed by atoms with Crippen molar-refractivity contribution in [3.63, 3.8) is 0 Å². The van der Waals surface area contributed by atoms with Gasteiger partial charge in [0.2, 0.25) is 0 Å². The summed E-state index contributed by atoms with van der Waals surface area (Å²) < 4.78 is 5.44. The molecule has 0 heterocycles. The summed E-state index contributed by atoms with van der Waals surface area (Å²) in [5.41, 5.74) is 1.33. The monoisotopic (exact) mass is 247 g/mol. The lowest BCUT2D eigenvalue weighted by molar-refractivity contribution is 0.349. The number of hydrogen-bond donors (Lipinski definition) is 1. The highest BCUT2D eigenvalue weighted by atomic mass is 16.5. The predicted octanol–water partition coefficient (Wildman–Crippen LogP) is 3.26. The van der Waals surface area contributed by atoms with Crippen LogP contribution in [-0.4, -0.2) is 19.7 Å². The summed E-state index contributed by atoms with van der Waals surface area (Å²) in [5, 5.41) is 3.65. The molecule has 1 fully saturated rings. The first-order chi connectivity index (χ1) is 8.70. The number of para-hydroxylation sites is 1. The molecule has 1 saturated carbocycles. The first-order valence-corrected chi connectivity index (χ1v) is 7.06. The fourth-order valence-electron chi connectivity index (χ4n) is 2.30. The molecule has 1 aromatic carbocycles. The molecule has 1 aliphatic rings. The molecule has 0 amide bonds. The molecule has 1 aliphatic carbocycles. The first kappa shape index (κ1) is 13.4. The molecule has 0 saturated heterocycles. The highest BCUT2D eigenvalue weighted by Gasteiger charge is 2.23. The zero-order valence-electron chi connectivity index (χ0n) is 11.8. The summed E-state index contributed by atoms with van der Waals surface area (Å²) in [7, 11) is 1.76. The minimum absolute atomic E-state index is 0.682. The van der Waals surface area contributed by atoms with E-state index >= 15 is 0 Å². The second-order valence-electron chi connectivity index (χ2n) is 5.70. The smallest absolute Gasteiger partial charge is 0.122 e. The van der Waals surface area contributed by atoms with Crippen LogP contribution in [0.5, 0.6) is 5.75 Å². The van der Waals surface area contributed by atoms with Crippen LogP contribution in [0.1, 0.15) is 32.3 Å². The van der Waals surface area contributed by atoms with E-state index in [0.29, 0.717) is 11.8 Å². The van der Waals surface area contributed by atoms with Crippen molar-refractivity contribution >= 4 is 0 Å². The van der Waals surface area contributed by atoms with Crippen LogP contribution in [0.25, 0.3) is 0 Å². The van der Waals surface area contributed by atoms with Gasteiger partial charge in [0.15, 0.2) is 0 Å². The topological polar surface area (TPSA) is 21.3 Å². The molecule has 1 N–H and O–H groups in total. The molecule has 1 atom stereocenters. The molecule has 0 spiro atoms. The van der Waals surface area contributed by atoms with Crippen LogP contribution in [0.4, 0.5) is 0 Å². The van der Waals surface area contributed by atoms with Crippen molar-refractivity contribution < 1.29 is 4.74 Å². The highest BCUT2D eigenvalue weighted by Crippen LogP contribution is 2.25. The van der Waals surface area contributed by atoms with Crippen molar-refractivity contribution in [1.82, 2.24) is 5.32 Å². The van der Waals surface area contributed by atoms with Crippen molar-refractivity contribution in [2.24, 2.45) is 11.8 Å². The van der Waals surface area contributed by atoms with E-state index in [1.54, 1.807) is 7.11 Å². The first-order valence-electron chi connectivity index (χ1n) is 7.06. The van der Waals surface area contributed by atoms with E-state index in [0.717, 1.165) is 24.8 Å². The SMILES string of the molecule is COc1ccccc1CC(CNC1CC1)C(C)C. The van der Waals surface area contributed by atoms with Crippen molar-refractivity contribution in [2.75, 3.05) is 13.7 Å². The number of methoxy groups -OCH3 is 1. The average molecular weight is 247 g/mol. The standard InChI is InChI=1S/C16H25NO/c1-12(2)14(11-17-15-8-9-15)10-13-6-4-5-7-16(13)18-3/h4-7,12,14-15,17H,8-11H2,1-3H3. The summed E-state index contributed by atoms with van der Waals surface area (Å²) >= 11 is 0. The van der Waals surface area contributed by atoms with Crippen LogP contribution in [0.3, 0.4) is 0 Å². The Kier molecular flexibility index (Phi) is 4.65. The minimum Gasteiger partial charge on any atom is -0.496 e. The molecule has 1 unspecified atom stereocenters. The molecule has 2 heteroatoms. The fourth-order valence-corrected chi connectivity index (χ4v) is 2.30. The number of rotatable bonds is 7. The average Bonchev–Trinajstić information content (AvgIpc) is 3.18. The second kappa shape index (κ2) is 6.24. The summed E-state index contributed by atoms with van der Waals surface area (Å²) in [4.78, 5) is 0. The van der Waals surface area contributed by atoms with E-state index in [4.69, 9.17) is 4.74 Å². The third kappa shape index (κ3) is 3.74. The Balaban J connectivity index is 1.97. The quantitative estimate of drug-likeness (QED) is 0.798. The van der Waals surface area contributed by atoms with Gasteiger partial charge in [-0.2, -0.15) is 0 Å². The minimum atomic E-state index is 0.682. The van der Waals surface area contributed by atoms with E-state index in [9.17, 15) is 0 Å². The number of hydrogen-bond acceptors (Lipinski definition) is 2. The van der Waals surface area contributed by atoms with Crippen LogP contribution in [-0.2, 0) is 6.42 Å². The van der Waals surface area contributed by atoms with Gasteiger partial charge in [0.1, 0.15) is 5.75 Å². The molecule has 18 heavy (non-hydrogen) atoms. The number of benzene rings is 1. The van der Waals surface area contributed by atoms with Gasteiger partial charge in [-0.25, -0.2) is 0 Å². The van der Waals surface area contributed by atoms with Gasteiger partial charge < -0.3 is 10.1 Å². The van der Waals surface area contributed by atoms with Crippen molar-refractivity contribution in [3.8, 4) is 5.75 Å². The van der Waals surface area contributed by atoms with Gasteiger partial charge in [-0.05, 0) is 49.3 Å². The molecule has 1 aromatic rings. The van der Waals surface area contributed by atoms with Crippen LogP contribution < -0.4 is 10.1 Å². The van der Waals surface area contributed by atoms with Crippen molar-refractivity contribution in [1.29, 1.82) is 0 Å². The zero-order chi connectivity index (χ0) is 13.0. The normalized spacial score (nSPS) is 16.9. The lowest BCUT2D eigenvalue weighted by atomic mass is 9.89. The van der Waals surface area contributed by atoms with Crippen molar-refractivity contribution in [2.45, 2.75) is 39.2 Å². The van der Waals surface area contributed by atoms with E-state index in [-0.39, 0.29) is 0 Å². The predicted molar refractivity (Wildman–Crippen MR) is 76.1 cm³/mol. The molecular formula is C16H25NO. The van der Waals surface area contributed by atoms with E-state index in [1.807, 2.05) is 6.07 Å². The maximum Gasteiger partial charge on any atom is 0.122 e. The Hall–Kier alpha value is -1.02. The summed E-state index contributed by atoms with van der Waals surface area (Å²) in [5.74, 6) is 2.40. The van der Waals surface area contributed by atoms with Gasteiger partial charge in [0.25, 0.3) is 0 Å². The van der Waals surface area contributed by atoms with Crippen molar-refractivity contribution in [3.05, 3.63) is 29.8 Å². The summed E-state index contributed by atoms with van der Waals surface area (Å²) in [6, 6.07) is 9.18. The Morgan fingerprint density at radius 1 is 1.28 bits per heavy atom. The van der Waals surface area contributed by atoms with Gasteiger partial charge in [0, 0.05) is 6.04 Å². The van der Waals surface area contributed by atoms with Gasteiger partial charge in [-0.1, -0.05) is 32.0 Å². The Morgan fingerprint density at radius 2 is 2.00 bits per heavy atom. The van der Waals surface area contributed by atoms with Crippen LogP contribution in [0.15, 0.2) is 24.3 Å². The van der Waals surface area contributed by atoms with Gasteiger partial charge in [-0.15, -0.1) is 0 Å². The molecular weight excluding hydrogens is 222 g/mol. The summed E-state index contributed by atoms with van der Waals surface area (Å²) in [6.07, 6.45) is 3.82. The molecule has 0 aliphatic heterocycles. The molecule has 0 bridgehead atoms. The van der Waals surface area contributed by atoms with Gasteiger partial charge in [-0.3, -0.25) is 0 Å². The Morgan fingerprint density at radius 3 is 2.61 bits per heavy atom. The maximum absolute atomic E-state index is 5.44. The maximum atomic E-state index is 5.44. The summed E-state index contributed by atoms with van der Waals surface area (Å²) in [6.45, 7) is 5.75. The van der Waals surface area contributed by atoms with Gasteiger partial charge in [0.05, 0.1) is 7.11 Å². The highest BCUT2D eigenvalue weighted by molar-refractivity contribution is 5.33. The van der Waals surface area contributed by atoms with Crippen LogP contribution >= 0.6 is 0 Å². The fraction of sp³-hybridized carbons (Fsp3) is 0.625. The largest absolute Gasteiger partial charge is 0.496 e. The van der Waals surface area contributed by atoms with Gasteiger partial charge >= 0.3 is 0 Å². The second-order valence-corrected chi connectivity index (χ2v) is 5.70. The molecule has 0 radical (unpaired) electrons. The van der Waals surface area contributed by atoms with Crippen LogP contribution in [0.2, 0.25) is 0 Å². The molecule has 2 rings (SSSR count). The van der Waals surface area contributed by atoms with E-state index in [2.05, 4.69) is 37.4 Å².